The number of hydrogen-bond donors (Lipinski definition) is 1. The molecule has 7 heteroatoms. The van der Waals surface area contributed by atoms with Gasteiger partial charge >= 0.3 is 0 Å². The van der Waals surface area contributed by atoms with Crippen LogP contribution in [0.25, 0.3) is 11.1 Å². The van der Waals surface area contributed by atoms with E-state index in [9.17, 15) is 14.0 Å². The van der Waals surface area contributed by atoms with Crippen LogP contribution >= 0.6 is 0 Å². The highest BCUT2D eigenvalue weighted by atomic mass is 19.1. The summed E-state index contributed by atoms with van der Waals surface area (Å²) in [5.41, 5.74) is 2.43. The fourth-order valence-corrected chi connectivity index (χ4v) is 3.30. The van der Waals surface area contributed by atoms with Crippen molar-refractivity contribution in [3.8, 4) is 0 Å². The van der Waals surface area contributed by atoms with Crippen LogP contribution in [-0.4, -0.2) is 23.3 Å². The van der Waals surface area contributed by atoms with E-state index in [-0.39, 0.29) is 37.1 Å². The van der Waals surface area contributed by atoms with Gasteiger partial charge in [0.2, 0.25) is 11.8 Å². The number of anilines is 1. The maximum Gasteiger partial charge on any atom is 0.227 e. The number of benzene rings is 2. The molecule has 1 unspecified atom stereocenters. The molecule has 138 valence electrons. The number of hydrogen-bond acceptors (Lipinski definition) is 4. The molecule has 3 aromatic rings. The predicted molar refractivity (Wildman–Crippen MR) is 97.5 cm³/mol. The van der Waals surface area contributed by atoms with E-state index in [2.05, 4.69) is 10.3 Å². The van der Waals surface area contributed by atoms with Gasteiger partial charge in [0, 0.05) is 37.7 Å². The zero-order valence-corrected chi connectivity index (χ0v) is 14.7. The van der Waals surface area contributed by atoms with E-state index in [0.717, 1.165) is 0 Å². The number of amides is 2. The second kappa shape index (κ2) is 6.83. The molecule has 1 atom stereocenters. The first-order chi connectivity index (χ1) is 13.0. The minimum absolute atomic E-state index is 0.0976. The molecule has 2 amide bonds. The molecule has 1 N–H and O–H groups in total. The normalized spacial score (nSPS) is 16.9. The largest absolute Gasteiger partial charge is 0.441 e. The van der Waals surface area contributed by atoms with Crippen LogP contribution in [0.4, 0.5) is 10.1 Å². The number of carbonyl (C=O) groups is 2. The van der Waals surface area contributed by atoms with Gasteiger partial charge in [0.25, 0.3) is 0 Å². The Bertz CT molecular complexity index is 1030. The zero-order chi connectivity index (χ0) is 19.0. The molecule has 1 aliphatic heterocycles. The Balaban J connectivity index is 1.44. The van der Waals surface area contributed by atoms with E-state index in [1.165, 1.54) is 6.07 Å². The second-order valence-electron chi connectivity index (χ2n) is 6.60. The first kappa shape index (κ1) is 17.2. The van der Waals surface area contributed by atoms with Crippen molar-refractivity contribution in [2.24, 2.45) is 5.92 Å². The summed E-state index contributed by atoms with van der Waals surface area (Å²) in [5, 5.41) is 2.72. The molecule has 0 bridgehead atoms. The molecule has 1 saturated heterocycles. The number of halogens is 1. The van der Waals surface area contributed by atoms with Crippen molar-refractivity contribution in [3.05, 3.63) is 59.7 Å². The smallest absolute Gasteiger partial charge is 0.227 e. The van der Waals surface area contributed by atoms with E-state index in [1.807, 2.05) is 0 Å². The van der Waals surface area contributed by atoms with Gasteiger partial charge < -0.3 is 14.6 Å². The minimum atomic E-state index is -0.473. The Morgan fingerprint density at radius 2 is 2.15 bits per heavy atom. The average molecular weight is 367 g/mol. The van der Waals surface area contributed by atoms with E-state index in [4.69, 9.17) is 4.42 Å². The summed E-state index contributed by atoms with van der Waals surface area (Å²) < 4.78 is 19.1. The summed E-state index contributed by atoms with van der Waals surface area (Å²) in [5.74, 6) is -0.662. The number of fused-ring (bicyclic) bond motifs is 1. The first-order valence-corrected chi connectivity index (χ1v) is 8.70. The number of nitrogens with one attached hydrogen (secondary N) is 1. The molecule has 1 aliphatic rings. The highest BCUT2D eigenvalue weighted by Gasteiger charge is 2.35. The van der Waals surface area contributed by atoms with Gasteiger partial charge in [0.15, 0.2) is 11.5 Å². The third-order valence-electron chi connectivity index (χ3n) is 4.70. The van der Waals surface area contributed by atoms with Crippen LogP contribution in [-0.2, 0) is 16.1 Å². The minimum Gasteiger partial charge on any atom is -0.441 e. The van der Waals surface area contributed by atoms with Crippen molar-refractivity contribution in [1.29, 1.82) is 0 Å². The molecule has 0 spiro atoms. The molecule has 27 heavy (non-hydrogen) atoms. The van der Waals surface area contributed by atoms with Crippen LogP contribution in [0.3, 0.4) is 0 Å². The number of nitrogens with zero attached hydrogens (tertiary/aromatic N) is 2. The second-order valence-corrected chi connectivity index (χ2v) is 6.60. The molecule has 0 aliphatic carbocycles. The molecule has 6 nitrogen and oxygen atoms in total. The fraction of sp³-hybridized carbons (Fsp3) is 0.250. The number of aromatic nitrogens is 1. The SMILES string of the molecule is Cc1nc2cc(N3CC(C(=O)NCc4ccccc4F)CC3=O)ccc2o1. The molecular formula is C20H18FN3O3. The van der Waals surface area contributed by atoms with Gasteiger partial charge in [-0.3, -0.25) is 9.59 Å². The zero-order valence-electron chi connectivity index (χ0n) is 14.7. The maximum atomic E-state index is 13.7. The predicted octanol–water partition coefficient (Wildman–Crippen LogP) is 2.94. The Kier molecular flexibility index (Phi) is 4.35. The summed E-state index contributed by atoms with van der Waals surface area (Å²) in [6.45, 7) is 2.14. The number of oxazole rings is 1. The highest BCUT2D eigenvalue weighted by Crippen LogP contribution is 2.28. The van der Waals surface area contributed by atoms with Crippen molar-refractivity contribution in [2.75, 3.05) is 11.4 Å². The van der Waals surface area contributed by atoms with Gasteiger partial charge in [0.05, 0.1) is 5.92 Å². The van der Waals surface area contributed by atoms with Gasteiger partial charge in [-0.2, -0.15) is 0 Å². The lowest BCUT2D eigenvalue weighted by Crippen LogP contribution is -2.32. The standard InChI is InChI=1S/C20H18FN3O3/c1-12-23-17-9-15(6-7-18(17)27-12)24-11-14(8-19(24)25)20(26)22-10-13-4-2-3-5-16(13)21/h2-7,9,14H,8,10-11H2,1H3,(H,22,26). The molecule has 2 heterocycles. The molecule has 1 aromatic heterocycles. The fourth-order valence-electron chi connectivity index (χ4n) is 3.30. The van der Waals surface area contributed by atoms with Crippen molar-refractivity contribution in [3.63, 3.8) is 0 Å². The van der Waals surface area contributed by atoms with Gasteiger partial charge in [0.1, 0.15) is 11.3 Å². The van der Waals surface area contributed by atoms with Crippen LogP contribution in [0, 0.1) is 18.7 Å². The Hall–Kier alpha value is -3.22. The van der Waals surface area contributed by atoms with Gasteiger partial charge in [-0.05, 0) is 24.3 Å². The average Bonchev–Trinajstić information content (AvgIpc) is 3.21. The first-order valence-electron chi connectivity index (χ1n) is 8.70. The van der Waals surface area contributed by atoms with E-state index >= 15 is 0 Å². The summed E-state index contributed by atoms with van der Waals surface area (Å²) in [6.07, 6.45) is 0.124. The number of aryl methyl sites for hydroxylation is 1. The summed E-state index contributed by atoms with van der Waals surface area (Å²) in [7, 11) is 0. The van der Waals surface area contributed by atoms with E-state index in [1.54, 1.807) is 48.2 Å². The van der Waals surface area contributed by atoms with Crippen LogP contribution in [0.5, 0.6) is 0 Å². The molecule has 2 aromatic carbocycles. The number of rotatable bonds is 4. The van der Waals surface area contributed by atoms with Crippen LogP contribution in [0.1, 0.15) is 17.9 Å². The van der Waals surface area contributed by atoms with Crippen molar-refractivity contribution in [1.82, 2.24) is 10.3 Å². The Labute approximate surface area is 155 Å². The van der Waals surface area contributed by atoms with Crippen LogP contribution < -0.4 is 10.2 Å². The Morgan fingerprint density at radius 1 is 1.33 bits per heavy atom. The van der Waals surface area contributed by atoms with Crippen LogP contribution in [0.2, 0.25) is 0 Å². The topological polar surface area (TPSA) is 75.4 Å². The van der Waals surface area contributed by atoms with Crippen molar-refractivity contribution >= 4 is 28.6 Å². The van der Waals surface area contributed by atoms with Crippen LogP contribution in [0.15, 0.2) is 46.9 Å². The maximum absolute atomic E-state index is 13.7. The monoisotopic (exact) mass is 367 g/mol. The van der Waals surface area contributed by atoms with Gasteiger partial charge in [-0.25, -0.2) is 9.37 Å². The van der Waals surface area contributed by atoms with Gasteiger partial charge in [-0.1, -0.05) is 18.2 Å². The Morgan fingerprint density at radius 3 is 2.96 bits per heavy atom. The van der Waals surface area contributed by atoms with E-state index < -0.39 is 5.92 Å². The third kappa shape index (κ3) is 3.40. The lowest BCUT2D eigenvalue weighted by Gasteiger charge is -2.16. The van der Waals surface area contributed by atoms with Gasteiger partial charge in [-0.15, -0.1) is 0 Å². The molecule has 1 fully saturated rings. The van der Waals surface area contributed by atoms with Crippen molar-refractivity contribution in [2.45, 2.75) is 19.9 Å². The molecule has 0 radical (unpaired) electrons. The molecular weight excluding hydrogens is 349 g/mol. The summed E-state index contributed by atoms with van der Waals surface area (Å²) in [6, 6.07) is 11.6. The third-order valence-corrected chi connectivity index (χ3v) is 4.70. The molecule has 4 rings (SSSR count). The van der Waals surface area contributed by atoms with E-state index in [0.29, 0.717) is 28.2 Å². The lowest BCUT2D eigenvalue weighted by molar-refractivity contribution is -0.126. The molecule has 0 saturated carbocycles. The summed E-state index contributed by atoms with van der Waals surface area (Å²) >= 11 is 0. The number of carbonyl (C=O) groups excluding carboxylic acids is 2. The quantitative estimate of drug-likeness (QED) is 0.769. The highest BCUT2D eigenvalue weighted by molar-refractivity contribution is 6.01. The van der Waals surface area contributed by atoms with Crippen molar-refractivity contribution < 1.29 is 18.4 Å². The lowest BCUT2D eigenvalue weighted by atomic mass is 10.1. The summed E-state index contributed by atoms with van der Waals surface area (Å²) in [4.78, 5) is 30.7.